The minimum atomic E-state index is -2.32. The summed E-state index contributed by atoms with van der Waals surface area (Å²) in [5.41, 5.74) is -0.629. The van der Waals surface area contributed by atoms with Crippen molar-refractivity contribution in [3.05, 3.63) is 0 Å². The third kappa shape index (κ3) is 4.88. The van der Waals surface area contributed by atoms with E-state index in [2.05, 4.69) is 12.2 Å². The first-order chi connectivity index (χ1) is 9.96. The van der Waals surface area contributed by atoms with Crippen LogP contribution in [-0.2, 0) is 9.53 Å². The lowest BCUT2D eigenvalue weighted by atomic mass is 9.84. The van der Waals surface area contributed by atoms with Crippen molar-refractivity contribution < 1.29 is 18.3 Å². The molecule has 1 rings (SSSR count). The monoisotopic (exact) mass is 306 g/mol. The lowest BCUT2D eigenvalue weighted by molar-refractivity contribution is -0.150. The maximum atomic E-state index is 12.4. The van der Waals surface area contributed by atoms with Gasteiger partial charge in [0.1, 0.15) is 5.54 Å². The van der Waals surface area contributed by atoms with E-state index in [1.54, 1.807) is 11.9 Å². The van der Waals surface area contributed by atoms with Crippen LogP contribution in [0.2, 0.25) is 0 Å². The summed E-state index contributed by atoms with van der Waals surface area (Å²) in [4.78, 5) is 13.9. The summed E-state index contributed by atoms with van der Waals surface area (Å²) in [6.07, 6.45) is 2.03. The number of carbonyl (C=O) groups is 1. The van der Waals surface area contributed by atoms with Crippen molar-refractivity contribution in [2.24, 2.45) is 5.92 Å². The number of nitrogens with zero attached hydrogens (tertiary/aromatic N) is 1. The second-order valence-corrected chi connectivity index (χ2v) is 5.92. The lowest BCUT2D eigenvalue weighted by Gasteiger charge is -2.34. The number of methoxy groups -OCH3 is 1. The van der Waals surface area contributed by atoms with Gasteiger partial charge in [-0.1, -0.05) is 13.3 Å². The molecule has 1 aliphatic rings. The molecule has 6 heteroatoms. The van der Waals surface area contributed by atoms with Crippen LogP contribution >= 0.6 is 0 Å². The fraction of sp³-hybridized carbons (Fsp3) is 0.933. The van der Waals surface area contributed by atoms with E-state index in [1.165, 1.54) is 7.11 Å². The van der Waals surface area contributed by atoms with Gasteiger partial charge in [-0.25, -0.2) is 8.78 Å². The molecule has 2 unspecified atom stereocenters. The molecule has 0 aliphatic heterocycles. The van der Waals surface area contributed by atoms with Gasteiger partial charge in [0.25, 0.3) is 6.43 Å². The van der Waals surface area contributed by atoms with Crippen molar-refractivity contribution in [1.29, 1.82) is 0 Å². The molecule has 1 fully saturated rings. The molecule has 0 heterocycles. The Hall–Kier alpha value is -0.750. The topological polar surface area (TPSA) is 41.6 Å². The maximum absolute atomic E-state index is 12.4. The van der Waals surface area contributed by atoms with Gasteiger partial charge in [0, 0.05) is 0 Å². The van der Waals surface area contributed by atoms with E-state index in [-0.39, 0.29) is 18.4 Å². The summed E-state index contributed by atoms with van der Waals surface area (Å²) in [6, 6.07) is 0. The van der Waals surface area contributed by atoms with Gasteiger partial charge in [0.05, 0.1) is 13.7 Å². The van der Waals surface area contributed by atoms with E-state index < -0.39 is 12.0 Å². The summed E-state index contributed by atoms with van der Waals surface area (Å²) in [5, 5.41) is 3.37. The second kappa shape index (κ2) is 8.63. The smallest absolute Gasteiger partial charge is 0.326 e. The van der Waals surface area contributed by atoms with Crippen LogP contribution in [0.4, 0.5) is 8.78 Å². The molecule has 0 amide bonds. The highest BCUT2D eigenvalue weighted by Crippen LogP contribution is 2.39. The maximum Gasteiger partial charge on any atom is 0.326 e. The summed E-state index contributed by atoms with van der Waals surface area (Å²) in [5.74, 6) is -0.0633. The van der Waals surface area contributed by atoms with E-state index in [1.807, 2.05) is 0 Å². The predicted octanol–water partition coefficient (Wildman–Crippen LogP) is 2.28. The molecular weight excluding hydrogens is 278 g/mol. The summed E-state index contributed by atoms with van der Waals surface area (Å²) >= 11 is 0. The second-order valence-electron chi connectivity index (χ2n) is 5.92. The van der Waals surface area contributed by atoms with Crippen molar-refractivity contribution in [2.75, 3.05) is 33.8 Å². The largest absolute Gasteiger partial charge is 0.468 e. The Morgan fingerprint density at radius 2 is 2.24 bits per heavy atom. The molecular formula is C15H28F2N2O2. The Morgan fingerprint density at radius 1 is 1.52 bits per heavy atom. The van der Waals surface area contributed by atoms with Gasteiger partial charge >= 0.3 is 5.97 Å². The number of hydrogen-bond donors (Lipinski definition) is 1. The zero-order chi connectivity index (χ0) is 15.9. The average Bonchev–Trinajstić information content (AvgIpc) is 2.85. The number of carbonyl (C=O) groups excluding carboxylic acids is 1. The summed E-state index contributed by atoms with van der Waals surface area (Å²) in [7, 11) is 3.11. The molecule has 1 saturated carbocycles. The Bertz CT molecular complexity index is 329. The number of esters is 1. The van der Waals surface area contributed by atoms with E-state index >= 15 is 0 Å². The van der Waals surface area contributed by atoms with Gasteiger partial charge in [0.2, 0.25) is 0 Å². The lowest BCUT2D eigenvalue weighted by Crippen LogP contribution is -2.56. The van der Waals surface area contributed by atoms with Crippen LogP contribution in [0.3, 0.4) is 0 Å². The fourth-order valence-corrected chi connectivity index (χ4v) is 3.28. The van der Waals surface area contributed by atoms with E-state index in [0.717, 1.165) is 38.6 Å². The van der Waals surface area contributed by atoms with Crippen LogP contribution < -0.4 is 5.32 Å². The standard InChI is InChI=1S/C15H28F2N2O2/c1-4-9-18-15(14(20)21-3)8-5-6-12(15)7-10-19(2)11-13(16)17/h12-13,18H,4-11H2,1-3H3. The van der Waals surface area contributed by atoms with Crippen molar-refractivity contribution >= 4 is 5.97 Å². The van der Waals surface area contributed by atoms with E-state index in [9.17, 15) is 13.6 Å². The Morgan fingerprint density at radius 3 is 2.81 bits per heavy atom. The van der Waals surface area contributed by atoms with Crippen LogP contribution in [0.15, 0.2) is 0 Å². The van der Waals surface area contributed by atoms with Crippen molar-refractivity contribution in [3.63, 3.8) is 0 Å². The van der Waals surface area contributed by atoms with E-state index in [4.69, 9.17) is 4.74 Å². The zero-order valence-electron chi connectivity index (χ0n) is 13.3. The molecule has 4 nitrogen and oxygen atoms in total. The molecule has 0 saturated heterocycles. The van der Waals surface area contributed by atoms with Gasteiger partial charge in [-0.05, 0) is 51.7 Å². The summed E-state index contributed by atoms with van der Waals surface area (Å²) in [6.45, 7) is 3.17. The fourth-order valence-electron chi connectivity index (χ4n) is 3.28. The van der Waals surface area contributed by atoms with Crippen LogP contribution in [0.1, 0.15) is 39.0 Å². The highest BCUT2D eigenvalue weighted by Gasteiger charge is 2.49. The van der Waals surface area contributed by atoms with Gasteiger partial charge in [-0.15, -0.1) is 0 Å². The first-order valence-electron chi connectivity index (χ1n) is 7.76. The van der Waals surface area contributed by atoms with Crippen LogP contribution in [0.5, 0.6) is 0 Å². The van der Waals surface area contributed by atoms with Gasteiger partial charge < -0.3 is 15.0 Å². The minimum absolute atomic E-state index is 0.150. The van der Waals surface area contributed by atoms with Crippen molar-refractivity contribution in [3.8, 4) is 0 Å². The molecule has 0 aromatic carbocycles. The zero-order valence-corrected chi connectivity index (χ0v) is 13.3. The minimum Gasteiger partial charge on any atom is -0.468 e. The van der Waals surface area contributed by atoms with Gasteiger partial charge in [-0.2, -0.15) is 0 Å². The number of hydrogen-bond acceptors (Lipinski definition) is 4. The highest BCUT2D eigenvalue weighted by atomic mass is 19.3. The molecule has 124 valence electrons. The summed E-state index contributed by atoms with van der Waals surface area (Å²) < 4.78 is 29.7. The molecule has 0 radical (unpaired) electrons. The predicted molar refractivity (Wildman–Crippen MR) is 78.5 cm³/mol. The van der Waals surface area contributed by atoms with Crippen molar-refractivity contribution in [1.82, 2.24) is 10.2 Å². The number of alkyl halides is 2. The number of rotatable bonds is 9. The number of nitrogens with one attached hydrogen (secondary N) is 1. The average molecular weight is 306 g/mol. The molecule has 0 spiro atoms. The molecule has 1 aliphatic carbocycles. The highest BCUT2D eigenvalue weighted by molar-refractivity contribution is 5.81. The number of ether oxygens (including phenoxy) is 1. The Kier molecular flexibility index (Phi) is 7.52. The van der Waals surface area contributed by atoms with Crippen LogP contribution in [0, 0.1) is 5.92 Å². The van der Waals surface area contributed by atoms with Crippen LogP contribution in [-0.4, -0.2) is 56.6 Å². The van der Waals surface area contributed by atoms with Gasteiger partial charge in [0.15, 0.2) is 0 Å². The Labute approximate surface area is 126 Å². The van der Waals surface area contributed by atoms with E-state index in [0.29, 0.717) is 6.54 Å². The molecule has 0 bridgehead atoms. The molecule has 21 heavy (non-hydrogen) atoms. The first-order valence-corrected chi connectivity index (χ1v) is 7.76. The normalized spacial score (nSPS) is 25.8. The molecule has 2 atom stereocenters. The molecule has 1 N–H and O–H groups in total. The Balaban J connectivity index is 2.66. The quantitative estimate of drug-likeness (QED) is 0.664. The molecule has 0 aromatic rings. The molecule has 0 aromatic heterocycles. The first kappa shape index (κ1) is 18.3. The third-order valence-electron chi connectivity index (χ3n) is 4.37. The third-order valence-corrected chi connectivity index (χ3v) is 4.37. The van der Waals surface area contributed by atoms with Gasteiger partial charge in [-0.3, -0.25) is 4.79 Å². The van der Waals surface area contributed by atoms with Crippen molar-refractivity contribution in [2.45, 2.75) is 51.0 Å². The number of halogens is 2. The van der Waals surface area contributed by atoms with Crippen LogP contribution in [0.25, 0.3) is 0 Å². The SMILES string of the molecule is CCCNC1(C(=O)OC)CCCC1CCN(C)CC(F)F.